The molecule has 2 aliphatic heterocycles. The Balaban J connectivity index is 2.11. The third-order valence-electron chi connectivity index (χ3n) is 4.12. The maximum Gasteiger partial charge on any atom is 0.245 e. The van der Waals surface area contributed by atoms with Gasteiger partial charge in [-0.2, -0.15) is 0 Å². The normalized spacial score (nSPS) is 27.0. The van der Waals surface area contributed by atoms with E-state index in [2.05, 4.69) is 16.0 Å². The topological polar surface area (TPSA) is 117 Å². The van der Waals surface area contributed by atoms with Crippen molar-refractivity contribution in [2.45, 2.75) is 37.8 Å². The molecular formula is C15H24N4O5. The molecule has 134 valence electrons. The van der Waals surface area contributed by atoms with Crippen LogP contribution in [-0.2, 0) is 23.9 Å². The minimum absolute atomic E-state index is 0.0287. The first-order valence-corrected chi connectivity index (χ1v) is 8.12. The van der Waals surface area contributed by atoms with Crippen molar-refractivity contribution in [1.29, 1.82) is 0 Å². The molecule has 0 aromatic heterocycles. The van der Waals surface area contributed by atoms with E-state index in [-0.39, 0.29) is 49.8 Å². The van der Waals surface area contributed by atoms with Gasteiger partial charge in [-0.15, -0.1) is 0 Å². The molecule has 2 rings (SSSR count). The summed E-state index contributed by atoms with van der Waals surface area (Å²) in [5, 5.41) is 7.87. The molecule has 9 nitrogen and oxygen atoms in total. The van der Waals surface area contributed by atoms with E-state index in [0.29, 0.717) is 13.1 Å². The predicted molar refractivity (Wildman–Crippen MR) is 83.8 cm³/mol. The van der Waals surface area contributed by atoms with Crippen molar-refractivity contribution in [2.75, 3.05) is 33.4 Å². The van der Waals surface area contributed by atoms with Crippen LogP contribution in [0, 0.1) is 0 Å². The first kappa shape index (κ1) is 18.2. The van der Waals surface area contributed by atoms with Gasteiger partial charge in [0.25, 0.3) is 0 Å². The van der Waals surface area contributed by atoms with E-state index in [1.54, 1.807) is 4.90 Å². The number of amides is 4. The highest BCUT2D eigenvalue weighted by atomic mass is 16.5. The summed E-state index contributed by atoms with van der Waals surface area (Å²) in [6.45, 7) is 0.833. The number of nitrogens with one attached hydrogen (secondary N) is 3. The monoisotopic (exact) mass is 340 g/mol. The molecule has 2 atom stereocenters. The highest BCUT2D eigenvalue weighted by molar-refractivity contribution is 5.91. The molecular weight excluding hydrogens is 316 g/mol. The van der Waals surface area contributed by atoms with Gasteiger partial charge < -0.3 is 25.6 Å². The van der Waals surface area contributed by atoms with Gasteiger partial charge in [0.05, 0.1) is 13.2 Å². The van der Waals surface area contributed by atoms with Crippen molar-refractivity contribution in [3.8, 4) is 0 Å². The highest BCUT2D eigenvalue weighted by Gasteiger charge is 2.28. The van der Waals surface area contributed by atoms with Gasteiger partial charge >= 0.3 is 0 Å². The second-order valence-electron chi connectivity index (χ2n) is 6.04. The molecule has 2 saturated heterocycles. The Hall–Kier alpha value is -2.16. The van der Waals surface area contributed by atoms with Crippen molar-refractivity contribution in [2.24, 2.45) is 0 Å². The standard InChI is InChI=1S/C15H24N4O5/c1-24-9-11-15(23)17-10-3-2-6-19(8-10)14(22)5-4-12(20)16-7-13(21)18-11/h10-11H,2-9H2,1H3,(H,16,20)(H,17,23)(H,18,21). The van der Waals surface area contributed by atoms with Crippen LogP contribution in [0.1, 0.15) is 25.7 Å². The molecule has 0 spiro atoms. The molecule has 0 aromatic rings. The number of methoxy groups -OCH3 is 1. The number of nitrogens with zero attached hydrogens (tertiary/aromatic N) is 1. The average Bonchev–Trinajstić information content (AvgIpc) is 2.57. The molecule has 2 bridgehead atoms. The average molecular weight is 340 g/mol. The van der Waals surface area contributed by atoms with Crippen LogP contribution < -0.4 is 16.0 Å². The molecule has 0 saturated carbocycles. The number of ether oxygens (including phenoxy) is 1. The lowest BCUT2D eigenvalue weighted by Gasteiger charge is -2.34. The summed E-state index contributed by atoms with van der Waals surface area (Å²) in [6.07, 6.45) is 1.69. The summed E-state index contributed by atoms with van der Waals surface area (Å²) in [7, 11) is 1.44. The molecule has 0 aliphatic carbocycles. The van der Waals surface area contributed by atoms with Crippen molar-refractivity contribution >= 4 is 23.6 Å². The van der Waals surface area contributed by atoms with Crippen molar-refractivity contribution in [3.05, 3.63) is 0 Å². The summed E-state index contributed by atoms with van der Waals surface area (Å²) in [5.74, 6) is -1.31. The smallest absolute Gasteiger partial charge is 0.245 e. The van der Waals surface area contributed by atoms with Gasteiger partial charge in [-0.25, -0.2) is 0 Å². The van der Waals surface area contributed by atoms with Crippen LogP contribution in [0.5, 0.6) is 0 Å². The zero-order valence-corrected chi connectivity index (χ0v) is 13.8. The van der Waals surface area contributed by atoms with E-state index in [1.165, 1.54) is 7.11 Å². The molecule has 9 heteroatoms. The molecule has 2 aliphatic rings. The number of fused-ring (bicyclic) bond motifs is 2. The minimum Gasteiger partial charge on any atom is -0.382 e. The summed E-state index contributed by atoms with van der Waals surface area (Å²) in [5.41, 5.74) is 0. The largest absolute Gasteiger partial charge is 0.382 e. The zero-order chi connectivity index (χ0) is 17.5. The number of hydrogen-bond acceptors (Lipinski definition) is 5. The molecule has 3 N–H and O–H groups in total. The Labute approximate surface area is 140 Å². The molecule has 2 fully saturated rings. The molecule has 24 heavy (non-hydrogen) atoms. The Morgan fingerprint density at radius 2 is 1.92 bits per heavy atom. The number of piperidine rings is 1. The van der Waals surface area contributed by atoms with Gasteiger partial charge in [-0.3, -0.25) is 19.2 Å². The molecule has 2 heterocycles. The van der Waals surface area contributed by atoms with Crippen LogP contribution in [0.3, 0.4) is 0 Å². The van der Waals surface area contributed by atoms with Gasteiger partial charge in [0.1, 0.15) is 6.04 Å². The van der Waals surface area contributed by atoms with Crippen LogP contribution in [0.15, 0.2) is 0 Å². The first-order valence-electron chi connectivity index (χ1n) is 8.12. The number of hydrogen-bond donors (Lipinski definition) is 3. The maximum atomic E-state index is 12.4. The third kappa shape index (κ3) is 5.19. The summed E-state index contributed by atoms with van der Waals surface area (Å²) < 4.78 is 4.98. The van der Waals surface area contributed by atoms with E-state index >= 15 is 0 Å². The van der Waals surface area contributed by atoms with Crippen molar-refractivity contribution < 1.29 is 23.9 Å². The SMILES string of the molecule is COCC1NC(=O)CNC(=O)CCC(=O)N2CCCC(C2)NC1=O. The quantitative estimate of drug-likeness (QED) is 0.545. The molecule has 0 aromatic carbocycles. The second kappa shape index (κ2) is 8.62. The van der Waals surface area contributed by atoms with Crippen LogP contribution in [0.2, 0.25) is 0 Å². The fourth-order valence-corrected chi connectivity index (χ4v) is 2.86. The zero-order valence-electron chi connectivity index (χ0n) is 13.8. The summed E-state index contributed by atoms with van der Waals surface area (Å²) in [6, 6.07) is -1.00. The molecule has 4 amide bonds. The van der Waals surface area contributed by atoms with Crippen LogP contribution in [0.25, 0.3) is 0 Å². The van der Waals surface area contributed by atoms with Crippen molar-refractivity contribution in [1.82, 2.24) is 20.9 Å². The minimum atomic E-state index is -0.839. The lowest BCUT2D eigenvalue weighted by atomic mass is 10.0. The Bertz CT molecular complexity index is 510. The maximum absolute atomic E-state index is 12.4. The number of rotatable bonds is 2. The van der Waals surface area contributed by atoms with Crippen LogP contribution in [-0.4, -0.2) is 74.0 Å². The predicted octanol–water partition coefficient (Wildman–Crippen LogP) is -1.87. The number of carbonyl (C=O) groups excluding carboxylic acids is 4. The van der Waals surface area contributed by atoms with Gasteiger partial charge in [0.2, 0.25) is 23.6 Å². The van der Waals surface area contributed by atoms with Crippen LogP contribution in [0.4, 0.5) is 0 Å². The lowest BCUT2D eigenvalue weighted by Crippen LogP contribution is -2.57. The number of carbonyl (C=O) groups is 4. The summed E-state index contributed by atoms with van der Waals surface area (Å²) >= 11 is 0. The molecule has 0 radical (unpaired) electrons. The van der Waals surface area contributed by atoms with Gasteiger partial charge in [-0.05, 0) is 12.8 Å². The van der Waals surface area contributed by atoms with Gasteiger partial charge in [-0.1, -0.05) is 0 Å². The Kier molecular flexibility index (Phi) is 6.53. The molecule has 2 unspecified atom stereocenters. The first-order chi connectivity index (χ1) is 11.5. The lowest BCUT2D eigenvalue weighted by molar-refractivity contribution is -0.136. The Morgan fingerprint density at radius 3 is 2.67 bits per heavy atom. The van der Waals surface area contributed by atoms with Gasteiger partial charge in [0.15, 0.2) is 0 Å². The van der Waals surface area contributed by atoms with E-state index in [4.69, 9.17) is 4.74 Å². The van der Waals surface area contributed by atoms with Gasteiger partial charge in [0, 0.05) is 39.1 Å². The van der Waals surface area contributed by atoms with E-state index < -0.39 is 11.9 Å². The fourth-order valence-electron chi connectivity index (χ4n) is 2.86. The van der Waals surface area contributed by atoms with Crippen molar-refractivity contribution in [3.63, 3.8) is 0 Å². The van der Waals surface area contributed by atoms with E-state index in [0.717, 1.165) is 12.8 Å². The fraction of sp³-hybridized carbons (Fsp3) is 0.733. The van der Waals surface area contributed by atoms with Crippen LogP contribution >= 0.6 is 0 Å². The van der Waals surface area contributed by atoms with E-state index in [1.807, 2.05) is 0 Å². The third-order valence-corrected chi connectivity index (χ3v) is 4.12. The van der Waals surface area contributed by atoms with E-state index in [9.17, 15) is 19.2 Å². The summed E-state index contributed by atoms with van der Waals surface area (Å²) in [4.78, 5) is 49.8. The highest BCUT2D eigenvalue weighted by Crippen LogP contribution is 2.12. The second-order valence-corrected chi connectivity index (χ2v) is 6.04. The Morgan fingerprint density at radius 1 is 1.12 bits per heavy atom.